The Bertz CT molecular complexity index is 1260. The van der Waals surface area contributed by atoms with Gasteiger partial charge >= 0.3 is 0 Å². The van der Waals surface area contributed by atoms with Crippen LogP contribution >= 0.6 is 11.5 Å². The highest BCUT2D eigenvalue weighted by molar-refractivity contribution is 7.03. The number of aliphatic hydroxyl groups excluding tert-OH is 1. The average molecular weight is 433 g/mol. The van der Waals surface area contributed by atoms with E-state index in [0.29, 0.717) is 29.1 Å². The van der Waals surface area contributed by atoms with Crippen LogP contribution in [0, 0.1) is 5.92 Å². The van der Waals surface area contributed by atoms with Crippen LogP contribution in [0.25, 0.3) is 22.0 Å². The Hall–Kier alpha value is -3.43. The summed E-state index contributed by atoms with van der Waals surface area (Å²) in [6.07, 6.45) is 8.19. The van der Waals surface area contributed by atoms with E-state index >= 15 is 0 Å². The summed E-state index contributed by atoms with van der Waals surface area (Å²) in [6, 6.07) is 5.57. The number of aromatic nitrogens is 4. The van der Waals surface area contributed by atoms with Gasteiger partial charge in [0.05, 0.1) is 5.69 Å². The van der Waals surface area contributed by atoms with Crippen molar-refractivity contribution >= 4 is 39.8 Å². The van der Waals surface area contributed by atoms with Gasteiger partial charge in [-0.3, -0.25) is 9.78 Å². The zero-order chi connectivity index (χ0) is 21.4. The fourth-order valence-electron chi connectivity index (χ4n) is 3.84. The first-order valence-electron chi connectivity index (χ1n) is 9.94. The predicted octanol–water partition coefficient (Wildman–Crippen LogP) is 3.01. The van der Waals surface area contributed by atoms with Crippen molar-refractivity contribution in [2.45, 2.75) is 18.8 Å². The molecule has 4 aromatic rings. The summed E-state index contributed by atoms with van der Waals surface area (Å²) in [5.74, 6) is 0.973. The van der Waals surface area contributed by atoms with Crippen LogP contribution in [0.3, 0.4) is 0 Å². The first-order valence-corrected chi connectivity index (χ1v) is 10.8. The van der Waals surface area contributed by atoms with E-state index in [0.717, 1.165) is 28.5 Å². The van der Waals surface area contributed by atoms with Gasteiger partial charge in [-0.2, -0.15) is 0 Å². The van der Waals surface area contributed by atoms with E-state index in [1.165, 1.54) is 11.5 Å². The van der Waals surface area contributed by atoms with Gasteiger partial charge in [0.15, 0.2) is 0 Å². The van der Waals surface area contributed by atoms with E-state index in [1.54, 1.807) is 24.7 Å². The maximum absolute atomic E-state index is 12.7. The van der Waals surface area contributed by atoms with Crippen molar-refractivity contribution in [1.82, 2.24) is 19.3 Å². The molecule has 9 heteroatoms. The minimum absolute atomic E-state index is 0.0315. The van der Waals surface area contributed by atoms with Gasteiger partial charge in [-0.15, -0.1) is 0 Å². The summed E-state index contributed by atoms with van der Waals surface area (Å²) in [5, 5.41) is 15.8. The minimum Gasteiger partial charge on any atom is -0.396 e. The Morgan fingerprint density at radius 1 is 1.29 bits per heavy atom. The summed E-state index contributed by atoms with van der Waals surface area (Å²) in [7, 11) is 0. The molecule has 1 saturated carbocycles. The Morgan fingerprint density at radius 3 is 3.00 bits per heavy atom. The van der Waals surface area contributed by atoms with E-state index in [4.69, 9.17) is 5.73 Å². The number of pyridine rings is 3. The second-order valence-electron chi connectivity index (χ2n) is 7.59. The quantitative estimate of drug-likeness (QED) is 0.427. The number of rotatable bonds is 6. The standard InChI is InChI=1S/C22H20N6O2S/c23-21-18-10-25-20(28-22(30)16-7-15(16)14-8-26-31-11-14)6-13(18)5-19(27-21)17-9-24-3-1-12(17)2-4-29/h1,3,5-6,8-11,15-16,29H,2,4,7H2,(H2,23,27)(H,25,28,30)/t15?,16-/m1/s1. The molecule has 156 valence electrons. The summed E-state index contributed by atoms with van der Waals surface area (Å²) < 4.78 is 4.12. The van der Waals surface area contributed by atoms with E-state index < -0.39 is 0 Å². The van der Waals surface area contributed by atoms with Gasteiger partial charge in [-0.05, 0) is 65.0 Å². The predicted molar refractivity (Wildman–Crippen MR) is 120 cm³/mol. The molecule has 1 fully saturated rings. The summed E-state index contributed by atoms with van der Waals surface area (Å²) in [5.41, 5.74) is 9.73. The average Bonchev–Trinajstić information content (AvgIpc) is 3.39. The Labute approximate surface area is 182 Å². The lowest BCUT2D eigenvalue weighted by molar-refractivity contribution is -0.117. The van der Waals surface area contributed by atoms with Crippen LogP contribution in [0.15, 0.2) is 48.4 Å². The number of fused-ring (bicyclic) bond motifs is 1. The highest BCUT2D eigenvalue weighted by atomic mass is 32.1. The van der Waals surface area contributed by atoms with Gasteiger partial charge in [-0.25, -0.2) is 14.3 Å². The van der Waals surface area contributed by atoms with Crippen LogP contribution in [0.4, 0.5) is 11.6 Å². The topological polar surface area (TPSA) is 127 Å². The second-order valence-corrected chi connectivity index (χ2v) is 8.24. The van der Waals surface area contributed by atoms with Crippen molar-refractivity contribution in [3.05, 3.63) is 59.5 Å². The molecule has 0 saturated heterocycles. The molecule has 2 atom stereocenters. The van der Waals surface area contributed by atoms with Gasteiger partial charge in [0.2, 0.25) is 5.91 Å². The lowest BCUT2D eigenvalue weighted by Gasteiger charge is -2.11. The van der Waals surface area contributed by atoms with Crippen LogP contribution in [0.2, 0.25) is 0 Å². The van der Waals surface area contributed by atoms with Crippen molar-refractivity contribution in [2.24, 2.45) is 5.92 Å². The first kappa shape index (κ1) is 19.5. The number of amides is 1. The molecule has 0 bridgehead atoms. The molecule has 0 aliphatic heterocycles. The zero-order valence-electron chi connectivity index (χ0n) is 16.5. The normalized spacial score (nSPS) is 17.6. The molecular weight excluding hydrogens is 412 g/mol. The molecular formula is C22H20N6O2S. The molecule has 8 nitrogen and oxygen atoms in total. The molecule has 4 aromatic heterocycles. The number of anilines is 2. The lowest BCUT2D eigenvalue weighted by Crippen LogP contribution is -2.15. The third-order valence-corrected chi connectivity index (χ3v) is 6.18. The van der Waals surface area contributed by atoms with Crippen molar-refractivity contribution < 1.29 is 9.90 Å². The van der Waals surface area contributed by atoms with Crippen molar-refractivity contribution in [3.63, 3.8) is 0 Å². The van der Waals surface area contributed by atoms with Gasteiger partial charge < -0.3 is 16.2 Å². The number of carbonyl (C=O) groups excluding carboxylic acids is 1. The highest BCUT2D eigenvalue weighted by Crippen LogP contribution is 2.48. The maximum Gasteiger partial charge on any atom is 0.229 e. The Morgan fingerprint density at radius 2 is 2.19 bits per heavy atom. The molecule has 0 radical (unpaired) electrons. The number of nitrogen functional groups attached to an aromatic ring is 1. The van der Waals surface area contributed by atoms with Gasteiger partial charge in [0, 0.05) is 53.6 Å². The van der Waals surface area contributed by atoms with Crippen LogP contribution < -0.4 is 11.1 Å². The third-order valence-electron chi connectivity index (χ3n) is 5.57. The monoisotopic (exact) mass is 432 g/mol. The summed E-state index contributed by atoms with van der Waals surface area (Å²) in [4.78, 5) is 25.7. The molecule has 1 aliphatic carbocycles. The summed E-state index contributed by atoms with van der Waals surface area (Å²) >= 11 is 1.40. The summed E-state index contributed by atoms with van der Waals surface area (Å²) in [6.45, 7) is 0.0315. The number of carbonyl (C=O) groups is 1. The number of nitrogens with two attached hydrogens (primary N) is 1. The lowest BCUT2D eigenvalue weighted by atomic mass is 10.0. The fraction of sp³-hybridized carbons (Fsp3) is 0.227. The van der Waals surface area contributed by atoms with Crippen LogP contribution in [-0.4, -0.2) is 36.9 Å². The molecule has 1 unspecified atom stereocenters. The van der Waals surface area contributed by atoms with Gasteiger partial charge in [0.1, 0.15) is 11.6 Å². The van der Waals surface area contributed by atoms with Gasteiger partial charge in [-0.1, -0.05) is 0 Å². The SMILES string of the molecule is Nc1nc(-c2cnccc2CCO)cc2cc(NC(=O)[C@@H]3CC3c3cnsc3)ncc12. The molecule has 1 amide bonds. The zero-order valence-corrected chi connectivity index (χ0v) is 17.3. The Balaban J connectivity index is 1.42. The molecule has 0 spiro atoms. The van der Waals surface area contributed by atoms with Crippen LogP contribution in [0.1, 0.15) is 23.5 Å². The van der Waals surface area contributed by atoms with E-state index in [2.05, 4.69) is 24.6 Å². The van der Waals surface area contributed by atoms with Crippen LogP contribution in [-0.2, 0) is 11.2 Å². The molecule has 4 N–H and O–H groups in total. The number of hydrogen-bond acceptors (Lipinski definition) is 8. The second kappa shape index (κ2) is 8.01. The number of hydrogen-bond donors (Lipinski definition) is 3. The maximum atomic E-state index is 12.7. The smallest absolute Gasteiger partial charge is 0.229 e. The number of nitrogens with zero attached hydrogens (tertiary/aromatic N) is 4. The molecule has 1 aliphatic rings. The van der Waals surface area contributed by atoms with Crippen molar-refractivity contribution in [3.8, 4) is 11.3 Å². The number of aliphatic hydroxyl groups is 1. The first-order chi connectivity index (χ1) is 15.1. The largest absolute Gasteiger partial charge is 0.396 e. The van der Waals surface area contributed by atoms with Crippen molar-refractivity contribution in [1.29, 1.82) is 0 Å². The Kier molecular flexibility index (Phi) is 5.05. The van der Waals surface area contributed by atoms with Crippen LogP contribution in [0.5, 0.6) is 0 Å². The van der Waals surface area contributed by atoms with E-state index in [-0.39, 0.29) is 24.3 Å². The molecule has 5 rings (SSSR count). The fourth-order valence-corrected chi connectivity index (χ4v) is 4.44. The van der Waals surface area contributed by atoms with E-state index in [9.17, 15) is 9.90 Å². The van der Waals surface area contributed by atoms with Gasteiger partial charge in [0.25, 0.3) is 0 Å². The third kappa shape index (κ3) is 3.85. The molecule has 4 heterocycles. The van der Waals surface area contributed by atoms with E-state index in [1.807, 2.05) is 23.7 Å². The molecule has 31 heavy (non-hydrogen) atoms. The number of nitrogens with one attached hydrogen (secondary N) is 1. The minimum atomic E-state index is -0.0524. The highest BCUT2D eigenvalue weighted by Gasteiger charge is 2.44. The van der Waals surface area contributed by atoms with Crippen molar-refractivity contribution in [2.75, 3.05) is 17.7 Å². The molecule has 0 aromatic carbocycles.